The molecule has 2 fully saturated rings. The number of carbonyl (C=O) groups excluding carboxylic acids is 2. The van der Waals surface area contributed by atoms with Gasteiger partial charge in [0.1, 0.15) is 11.5 Å². The molecule has 9 heteroatoms. The molecule has 2 amide bonds. The van der Waals surface area contributed by atoms with Crippen molar-refractivity contribution in [2.45, 2.75) is 25.8 Å². The summed E-state index contributed by atoms with van der Waals surface area (Å²) in [6, 6.07) is 10.8. The maximum absolute atomic E-state index is 13.9. The first-order chi connectivity index (χ1) is 14.9. The first kappa shape index (κ1) is 21.0. The average Bonchev–Trinajstić information content (AvgIpc) is 3.03. The van der Waals surface area contributed by atoms with Crippen LogP contribution in [-0.4, -0.2) is 34.1 Å². The Kier molecular flexibility index (Phi) is 6.03. The number of nitro benzene ring substituents is 1. The van der Waals surface area contributed by atoms with Crippen LogP contribution in [0.15, 0.2) is 47.4 Å². The zero-order valence-electron chi connectivity index (χ0n) is 16.6. The van der Waals surface area contributed by atoms with Crippen LogP contribution in [0.3, 0.4) is 0 Å². The number of nitrogens with zero attached hydrogens (tertiary/aromatic N) is 3. The predicted octanol–water partition coefficient (Wildman–Crippen LogP) is 4.96. The van der Waals surface area contributed by atoms with Crippen LogP contribution in [0.4, 0.5) is 20.6 Å². The SMILES string of the molecule is O=C1SC(=Cc2ccc(N3CCCCC3)c([N+](=O)[O-])c2)C(=O)N1Cc1ccccc1F. The summed E-state index contributed by atoms with van der Waals surface area (Å²) >= 11 is 0.744. The van der Waals surface area contributed by atoms with E-state index < -0.39 is 21.9 Å². The maximum Gasteiger partial charge on any atom is 0.293 e. The minimum Gasteiger partial charge on any atom is -0.366 e. The van der Waals surface area contributed by atoms with Gasteiger partial charge in [0.2, 0.25) is 0 Å². The van der Waals surface area contributed by atoms with Gasteiger partial charge in [-0.2, -0.15) is 0 Å². The van der Waals surface area contributed by atoms with Crippen molar-refractivity contribution in [3.63, 3.8) is 0 Å². The van der Waals surface area contributed by atoms with Crippen LogP contribution in [0.2, 0.25) is 0 Å². The fourth-order valence-corrected chi connectivity index (χ4v) is 4.60. The molecule has 2 heterocycles. The van der Waals surface area contributed by atoms with Crippen LogP contribution in [0.1, 0.15) is 30.4 Å². The Morgan fingerprint density at radius 2 is 1.84 bits per heavy atom. The summed E-state index contributed by atoms with van der Waals surface area (Å²) in [5.41, 5.74) is 1.24. The second-order valence-electron chi connectivity index (χ2n) is 7.41. The Labute approximate surface area is 182 Å². The van der Waals surface area contributed by atoms with Gasteiger partial charge in [0.05, 0.1) is 16.4 Å². The highest BCUT2D eigenvalue weighted by molar-refractivity contribution is 8.18. The van der Waals surface area contributed by atoms with E-state index in [9.17, 15) is 24.1 Å². The molecule has 7 nitrogen and oxygen atoms in total. The highest BCUT2D eigenvalue weighted by atomic mass is 32.2. The van der Waals surface area contributed by atoms with E-state index in [2.05, 4.69) is 0 Å². The van der Waals surface area contributed by atoms with Crippen molar-refractivity contribution < 1.29 is 18.9 Å². The van der Waals surface area contributed by atoms with Crippen LogP contribution < -0.4 is 4.90 Å². The normalized spacial score (nSPS) is 18.2. The number of hydrogen-bond donors (Lipinski definition) is 0. The van der Waals surface area contributed by atoms with E-state index in [-0.39, 0.29) is 22.7 Å². The molecule has 0 N–H and O–H groups in total. The summed E-state index contributed by atoms with van der Waals surface area (Å²) in [5.74, 6) is -1.03. The first-order valence-corrected chi connectivity index (χ1v) is 10.8. The standard InChI is InChI=1S/C22H20FN3O4S/c23-17-7-3-2-6-16(17)14-25-21(27)20(31-22(25)28)13-15-8-9-18(19(12-15)26(29)30)24-10-4-1-5-11-24/h2-3,6-9,12-13H,1,4-5,10-11,14H2. The van der Waals surface area contributed by atoms with E-state index in [1.54, 1.807) is 18.2 Å². The Bertz CT molecular complexity index is 1080. The van der Waals surface area contributed by atoms with Gasteiger partial charge in [-0.1, -0.05) is 24.3 Å². The summed E-state index contributed by atoms with van der Waals surface area (Å²) in [7, 11) is 0. The average molecular weight is 441 g/mol. The number of imide groups is 1. The van der Waals surface area contributed by atoms with Crippen molar-refractivity contribution in [2.75, 3.05) is 18.0 Å². The second-order valence-corrected chi connectivity index (χ2v) is 8.41. The number of hydrogen-bond acceptors (Lipinski definition) is 6. The minimum atomic E-state index is -0.541. The van der Waals surface area contributed by atoms with Gasteiger partial charge < -0.3 is 4.90 Å². The van der Waals surface area contributed by atoms with Crippen LogP contribution in [0.25, 0.3) is 6.08 Å². The molecular weight excluding hydrogens is 421 g/mol. The zero-order chi connectivity index (χ0) is 22.0. The third kappa shape index (κ3) is 4.46. The quantitative estimate of drug-likeness (QED) is 0.370. The zero-order valence-corrected chi connectivity index (χ0v) is 17.4. The molecule has 0 atom stereocenters. The lowest BCUT2D eigenvalue weighted by atomic mass is 10.1. The highest BCUT2D eigenvalue weighted by Crippen LogP contribution is 2.36. The van der Waals surface area contributed by atoms with Crippen LogP contribution in [0, 0.1) is 15.9 Å². The minimum absolute atomic E-state index is 0.0266. The van der Waals surface area contributed by atoms with E-state index in [1.807, 2.05) is 4.90 Å². The molecule has 0 radical (unpaired) electrons. The first-order valence-electron chi connectivity index (χ1n) is 9.96. The monoisotopic (exact) mass is 441 g/mol. The number of piperidine rings is 1. The Hall–Kier alpha value is -3.20. The molecule has 160 valence electrons. The molecule has 2 aliphatic rings. The van der Waals surface area contributed by atoms with E-state index in [1.165, 1.54) is 30.3 Å². The van der Waals surface area contributed by atoms with E-state index in [0.717, 1.165) is 49.0 Å². The Morgan fingerprint density at radius 1 is 1.10 bits per heavy atom. The molecule has 2 aromatic rings. The van der Waals surface area contributed by atoms with Crippen LogP contribution in [-0.2, 0) is 11.3 Å². The lowest BCUT2D eigenvalue weighted by molar-refractivity contribution is -0.384. The Morgan fingerprint density at radius 3 is 2.55 bits per heavy atom. The van der Waals surface area contributed by atoms with Gasteiger partial charge in [0.15, 0.2) is 0 Å². The van der Waals surface area contributed by atoms with Crippen LogP contribution >= 0.6 is 11.8 Å². The summed E-state index contributed by atoms with van der Waals surface area (Å²) in [5, 5.41) is 11.1. The topological polar surface area (TPSA) is 83.8 Å². The number of halogens is 1. The van der Waals surface area contributed by atoms with Gasteiger partial charge in [0, 0.05) is 24.7 Å². The lowest BCUT2D eigenvalue weighted by Crippen LogP contribution is -2.29. The van der Waals surface area contributed by atoms with Gasteiger partial charge in [-0.25, -0.2) is 4.39 Å². The van der Waals surface area contributed by atoms with E-state index >= 15 is 0 Å². The molecule has 0 aliphatic carbocycles. The van der Waals surface area contributed by atoms with Gasteiger partial charge >= 0.3 is 0 Å². The maximum atomic E-state index is 13.9. The number of benzene rings is 2. The molecule has 2 aliphatic heterocycles. The number of rotatable bonds is 5. The fourth-order valence-electron chi connectivity index (χ4n) is 3.76. The third-order valence-corrected chi connectivity index (χ3v) is 6.26. The molecule has 0 bridgehead atoms. The molecule has 2 saturated heterocycles. The number of carbonyl (C=O) groups is 2. The van der Waals surface area contributed by atoms with Gasteiger partial charge in [-0.15, -0.1) is 0 Å². The summed E-state index contributed by atoms with van der Waals surface area (Å²) in [4.78, 5) is 39.4. The van der Waals surface area contributed by atoms with Crippen molar-refractivity contribution in [1.29, 1.82) is 0 Å². The van der Waals surface area contributed by atoms with E-state index in [4.69, 9.17) is 0 Å². The predicted molar refractivity (Wildman–Crippen MR) is 117 cm³/mol. The third-order valence-electron chi connectivity index (χ3n) is 5.35. The number of nitro groups is 1. The fraction of sp³-hybridized carbons (Fsp3) is 0.273. The van der Waals surface area contributed by atoms with Gasteiger partial charge in [-0.05, 0) is 54.8 Å². The van der Waals surface area contributed by atoms with Crippen molar-refractivity contribution >= 4 is 40.4 Å². The van der Waals surface area contributed by atoms with Gasteiger partial charge in [-0.3, -0.25) is 24.6 Å². The molecule has 2 aromatic carbocycles. The number of anilines is 1. The van der Waals surface area contributed by atoms with Crippen LogP contribution in [0.5, 0.6) is 0 Å². The summed E-state index contributed by atoms with van der Waals surface area (Å²) < 4.78 is 13.9. The highest BCUT2D eigenvalue weighted by Gasteiger charge is 2.35. The molecule has 31 heavy (non-hydrogen) atoms. The molecule has 4 rings (SSSR count). The van der Waals surface area contributed by atoms with E-state index in [0.29, 0.717) is 11.3 Å². The molecule has 0 aromatic heterocycles. The molecule has 0 unspecified atom stereocenters. The largest absolute Gasteiger partial charge is 0.366 e. The molecular formula is C22H20FN3O4S. The molecule has 0 spiro atoms. The smallest absolute Gasteiger partial charge is 0.293 e. The second kappa shape index (κ2) is 8.89. The number of amides is 2. The number of thioether (sulfide) groups is 1. The van der Waals surface area contributed by atoms with Crippen molar-refractivity contribution in [3.05, 3.63) is 74.4 Å². The Balaban J connectivity index is 1.58. The van der Waals surface area contributed by atoms with Crippen molar-refractivity contribution in [2.24, 2.45) is 0 Å². The lowest BCUT2D eigenvalue weighted by Gasteiger charge is -2.28. The summed E-state index contributed by atoms with van der Waals surface area (Å²) in [6.45, 7) is 1.38. The van der Waals surface area contributed by atoms with Crippen molar-refractivity contribution in [3.8, 4) is 0 Å². The summed E-state index contributed by atoms with van der Waals surface area (Å²) in [6.07, 6.45) is 4.58. The van der Waals surface area contributed by atoms with Gasteiger partial charge in [0.25, 0.3) is 16.8 Å². The van der Waals surface area contributed by atoms with Crippen molar-refractivity contribution in [1.82, 2.24) is 4.90 Å². The molecule has 0 saturated carbocycles.